The van der Waals surface area contributed by atoms with E-state index in [0.29, 0.717) is 12.1 Å². The predicted octanol–water partition coefficient (Wildman–Crippen LogP) is 2.23. The number of hydrogen-bond donors (Lipinski definition) is 1. The van der Waals surface area contributed by atoms with Gasteiger partial charge in [-0.05, 0) is 43.0 Å². The van der Waals surface area contributed by atoms with E-state index in [1.165, 1.54) is 6.07 Å². The van der Waals surface area contributed by atoms with Crippen molar-refractivity contribution in [1.29, 1.82) is 0 Å². The quantitative estimate of drug-likeness (QED) is 0.880. The van der Waals surface area contributed by atoms with Crippen molar-refractivity contribution < 1.29 is 4.39 Å². The number of hydrogen-bond acceptors (Lipinski definition) is 2. The van der Waals surface area contributed by atoms with Crippen LogP contribution in [0.5, 0.6) is 0 Å². The molecule has 0 bridgehead atoms. The van der Waals surface area contributed by atoms with Crippen molar-refractivity contribution in [2.24, 2.45) is 12.8 Å². The Labute approximate surface area is 106 Å². The van der Waals surface area contributed by atoms with Gasteiger partial charge in [0.15, 0.2) is 0 Å². The average molecular weight is 247 g/mol. The topological polar surface area (TPSA) is 43.8 Å². The number of aryl methyl sites for hydroxylation is 2. The fraction of sp³-hybridized carbons (Fsp3) is 0.357. The van der Waals surface area contributed by atoms with Crippen LogP contribution in [-0.2, 0) is 13.5 Å². The second kappa shape index (κ2) is 5.78. The first-order valence-electron chi connectivity index (χ1n) is 6.13. The van der Waals surface area contributed by atoms with Crippen LogP contribution in [0.1, 0.15) is 23.6 Å². The molecule has 1 aromatic heterocycles. The van der Waals surface area contributed by atoms with Crippen LogP contribution in [0.4, 0.5) is 4.39 Å². The molecule has 0 saturated heterocycles. The van der Waals surface area contributed by atoms with Gasteiger partial charge >= 0.3 is 0 Å². The molecule has 0 radical (unpaired) electrons. The molecule has 1 heterocycles. The second-order valence-electron chi connectivity index (χ2n) is 4.44. The summed E-state index contributed by atoms with van der Waals surface area (Å²) in [6.45, 7) is 0.457. The standard InChI is InChI=1S/C14H18FN3/c1-18-12(8-9-17-18)7-6-11(10-16)13-4-2-3-5-14(13)15/h2-5,8-9,11H,6-7,10,16H2,1H3. The Balaban J connectivity index is 2.07. The summed E-state index contributed by atoms with van der Waals surface area (Å²) in [7, 11) is 1.91. The third-order valence-corrected chi connectivity index (χ3v) is 3.30. The SMILES string of the molecule is Cn1nccc1CCC(CN)c1ccccc1F. The molecule has 4 heteroatoms. The number of nitrogens with two attached hydrogens (primary N) is 1. The maximum Gasteiger partial charge on any atom is 0.126 e. The Hall–Kier alpha value is -1.68. The van der Waals surface area contributed by atoms with E-state index in [1.807, 2.05) is 29.9 Å². The molecule has 0 spiro atoms. The normalized spacial score (nSPS) is 12.6. The van der Waals surface area contributed by atoms with Crippen LogP contribution >= 0.6 is 0 Å². The van der Waals surface area contributed by atoms with E-state index >= 15 is 0 Å². The number of aromatic nitrogens is 2. The lowest BCUT2D eigenvalue weighted by Crippen LogP contribution is -2.15. The number of benzene rings is 1. The van der Waals surface area contributed by atoms with Crippen molar-refractivity contribution in [3.63, 3.8) is 0 Å². The second-order valence-corrected chi connectivity index (χ2v) is 4.44. The van der Waals surface area contributed by atoms with Gasteiger partial charge in [-0.1, -0.05) is 18.2 Å². The highest BCUT2D eigenvalue weighted by Crippen LogP contribution is 2.23. The van der Waals surface area contributed by atoms with Crippen LogP contribution in [0.2, 0.25) is 0 Å². The van der Waals surface area contributed by atoms with Crippen molar-refractivity contribution in [2.75, 3.05) is 6.54 Å². The van der Waals surface area contributed by atoms with E-state index in [-0.39, 0.29) is 11.7 Å². The molecule has 2 N–H and O–H groups in total. The molecular formula is C14H18FN3. The van der Waals surface area contributed by atoms with Crippen LogP contribution in [0.3, 0.4) is 0 Å². The molecule has 0 amide bonds. The van der Waals surface area contributed by atoms with Gasteiger partial charge in [0.2, 0.25) is 0 Å². The highest BCUT2D eigenvalue weighted by molar-refractivity contribution is 5.22. The first kappa shape index (κ1) is 12.8. The average Bonchev–Trinajstić information content (AvgIpc) is 2.78. The van der Waals surface area contributed by atoms with Gasteiger partial charge in [-0.15, -0.1) is 0 Å². The van der Waals surface area contributed by atoms with Gasteiger partial charge in [-0.25, -0.2) is 4.39 Å². The van der Waals surface area contributed by atoms with Crippen molar-refractivity contribution in [2.45, 2.75) is 18.8 Å². The van der Waals surface area contributed by atoms with E-state index in [0.717, 1.165) is 18.5 Å². The Bertz CT molecular complexity index is 507. The molecular weight excluding hydrogens is 229 g/mol. The molecule has 2 rings (SSSR count). The minimum absolute atomic E-state index is 0.0566. The lowest BCUT2D eigenvalue weighted by atomic mass is 9.93. The molecule has 0 fully saturated rings. The first-order valence-corrected chi connectivity index (χ1v) is 6.13. The molecule has 18 heavy (non-hydrogen) atoms. The van der Waals surface area contributed by atoms with Gasteiger partial charge < -0.3 is 5.73 Å². The molecule has 3 nitrogen and oxygen atoms in total. The zero-order valence-corrected chi connectivity index (χ0v) is 10.5. The zero-order chi connectivity index (χ0) is 13.0. The third-order valence-electron chi connectivity index (χ3n) is 3.30. The summed E-state index contributed by atoms with van der Waals surface area (Å²) in [4.78, 5) is 0. The Kier molecular flexibility index (Phi) is 4.10. The number of rotatable bonds is 5. The maximum absolute atomic E-state index is 13.7. The lowest BCUT2D eigenvalue weighted by molar-refractivity contribution is 0.550. The van der Waals surface area contributed by atoms with Crippen LogP contribution in [-0.4, -0.2) is 16.3 Å². The Morgan fingerprint density at radius 2 is 2.11 bits per heavy atom. The summed E-state index contributed by atoms with van der Waals surface area (Å²) in [6.07, 6.45) is 3.46. The monoisotopic (exact) mass is 247 g/mol. The van der Waals surface area contributed by atoms with E-state index in [4.69, 9.17) is 5.73 Å². The van der Waals surface area contributed by atoms with E-state index in [1.54, 1.807) is 12.3 Å². The summed E-state index contributed by atoms with van der Waals surface area (Å²) in [5.41, 5.74) is 7.62. The fourth-order valence-electron chi connectivity index (χ4n) is 2.18. The van der Waals surface area contributed by atoms with Crippen LogP contribution in [0.15, 0.2) is 36.5 Å². The van der Waals surface area contributed by atoms with Crippen molar-refractivity contribution in [1.82, 2.24) is 9.78 Å². The molecule has 1 atom stereocenters. The van der Waals surface area contributed by atoms with E-state index < -0.39 is 0 Å². The maximum atomic E-state index is 13.7. The number of nitrogens with zero attached hydrogens (tertiary/aromatic N) is 2. The Morgan fingerprint density at radius 3 is 2.72 bits per heavy atom. The van der Waals surface area contributed by atoms with Crippen molar-refractivity contribution in [3.8, 4) is 0 Å². The lowest BCUT2D eigenvalue weighted by Gasteiger charge is -2.15. The summed E-state index contributed by atoms with van der Waals surface area (Å²) in [5.74, 6) is -0.112. The summed E-state index contributed by atoms with van der Waals surface area (Å²) in [6, 6.07) is 8.84. The Morgan fingerprint density at radius 1 is 1.33 bits per heavy atom. The summed E-state index contributed by atoms with van der Waals surface area (Å²) >= 11 is 0. The van der Waals surface area contributed by atoms with Crippen LogP contribution < -0.4 is 5.73 Å². The van der Waals surface area contributed by atoms with Crippen LogP contribution in [0, 0.1) is 5.82 Å². The highest BCUT2D eigenvalue weighted by Gasteiger charge is 2.14. The van der Waals surface area contributed by atoms with Gasteiger partial charge in [0.25, 0.3) is 0 Å². The molecule has 0 aliphatic carbocycles. The van der Waals surface area contributed by atoms with Gasteiger partial charge in [0.05, 0.1) is 0 Å². The minimum Gasteiger partial charge on any atom is -0.330 e. The van der Waals surface area contributed by atoms with Gasteiger partial charge in [0.1, 0.15) is 5.82 Å². The van der Waals surface area contributed by atoms with Gasteiger partial charge in [0, 0.05) is 18.9 Å². The van der Waals surface area contributed by atoms with E-state index in [2.05, 4.69) is 5.10 Å². The highest BCUT2D eigenvalue weighted by atomic mass is 19.1. The zero-order valence-electron chi connectivity index (χ0n) is 10.5. The first-order chi connectivity index (χ1) is 8.72. The molecule has 1 aromatic carbocycles. The molecule has 0 aliphatic heterocycles. The van der Waals surface area contributed by atoms with Crippen molar-refractivity contribution >= 4 is 0 Å². The predicted molar refractivity (Wildman–Crippen MR) is 69.7 cm³/mol. The van der Waals surface area contributed by atoms with Gasteiger partial charge in [-0.3, -0.25) is 4.68 Å². The molecule has 96 valence electrons. The molecule has 0 saturated carbocycles. The van der Waals surface area contributed by atoms with Crippen LogP contribution in [0.25, 0.3) is 0 Å². The third kappa shape index (κ3) is 2.76. The summed E-state index contributed by atoms with van der Waals surface area (Å²) < 4.78 is 15.5. The van der Waals surface area contributed by atoms with Gasteiger partial charge in [-0.2, -0.15) is 5.10 Å². The fourth-order valence-corrected chi connectivity index (χ4v) is 2.18. The number of halogens is 1. The molecule has 0 aliphatic rings. The molecule has 1 unspecified atom stereocenters. The minimum atomic E-state index is -0.169. The van der Waals surface area contributed by atoms with E-state index in [9.17, 15) is 4.39 Å². The largest absolute Gasteiger partial charge is 0.330 e. The molecule has 2 aromatic rings. The summed E-state index contributed by atoms with van der Waals surface area (Å²) in [5, 5.41) is 4.12. The van der Waals surface area contributed by atoms with Crippen molar-refractivity contribution in [3.05, 3.63) is 53.6 Å². The smallest absolute Gasteiger partial charge is 0.126 e.